The predicted octanol–water partition coefficient (Wildman–Crippen LogP) is 4.80. The molecule has 0 bridgehead atoms. The van der Waals surface area contributed by atoms with Crippen LogP contribution in [0, 0.1) is 0 Å². The minimum atomic E-state index is 0.606. The van der Waals surface area contributed by atoms with E-state index in [9.17, 15) is 0 Å². The highest BCUT2D eigenvalue weighted by Gasteiger charge is 2.07. The Balaban J connectivity index is 2.76. The highest BCUT2D eigenvalue weighted by molar-refractivity contribution is 6.30. The molecule has 0 N–H and O–H groups in total. The van der Waals surface area contributed by atoms with E-state index in [2.05, 4.69) is 25.6 Å². The van der Waals surface area contributed by atoms with E-state index in [4.69, 9.17) is 11.6 Å². The summed E-state index contributed by atoms with van der Waals surface area (Å²) < 4.78 is 0. The third-order valence-electron chi connectivity index (χ3n) is 2.43. The zero-order valence-electron chi connectivity index (χ0n) is 8.67. The topological polar surface area (TPSA) is 0 Å². The molecule has 0 aliphatic carbocycles. The summed E-state index contributed by atoms with van der Waals surface area (Å²) in [5.74, 6) is 0.606. The third-order valence-corrected chi connectivity index (χ3v) is 2.68. The first-order valence-corrected chi connectivity index (χ1v) is 5.52. The summed E-state index contributed by atoms with van der Waals surface area (Å²) >= 11 is 5.85. The Morgan fingerprint density at radius 3 is 2.50 bits per heavy atom. The fourth-order valence-electron chi connectivity index (χ4n) is 1.71. The molecule has 14 heavy (non-hydrogen) atoms. The Hall–Kier alpha value is -0.750. The van der Waals surface area contributed by atoms with Crippen molar-refractivity contribution in [1.82, 2.24) is 0 Å². The van der Waals surface area contributed by atoms with Crippen LogP contribution in [0.2, 0.25) is 5.02 Å². The fourth-order valence-corrected chi connectivity index (χ4v) is 1.83. The number of halogens is 1. The van der Waals surface area contributed by atoms with Crippen LogP contribution in [-0.2, 0) is 0 Å². The van der Waals surface area contributed by atoms with Crippen molar-refractivity contribution in [2.45, 2.75) is 32.1 Å². The van der Waals surface area contributed by atoms with Crippen molar-refractivity contribution in [3.63, 3.8) is 0 Å². The number of benzene rings is 1. The molecule has 1 heteroatoms. The third kappa shape index (κ3) is 3.19. The van der Waals surface area contributed by atoms with E-state index < -0.39 is 0 Å². The molecule has 0 saturated heterocycles. The van der Waals surface area contributed by atoms with Crippen LogP contribution in [-0.4, -0.2) is 0 Å². The molecular weight excluding hydrogens is 192 g/mol. The van der Waals surface area contributed by atoms with E-state index in [-0.39, 0.29) is 0 Å². The maximum atomic E-state index is 5.85. The number of hydrogen-bond donors (Lipinski definition) is 0. The molecule has 0 heterocycles. The molecule has 0 saturated carbocycles. The number of hydrogen-bond acceptors (Lipinski definition) is 0. The number of rotatable bonds is 5. The molecule has 0 radical (unpaired) electrons. The first kappa shape index (κ1) is 11.3. The summed E-state index contributed by atoms with van der Waals surface area (Å²) in [5.41, 5.74) is 1.37. The molecule has 1 atom stereocenters. The highest BCUT2D eigenvalue weighted by Crippen LogP contribution is 2.26. The summed E-state index contributed by atoms with van der Waals surface area (Å²) in [7, 11) is 0. The normalized spacial score (nSPS) is 12.4. The summed E-state index contributed by atoms with van der Waals surface area (Å²) in [6.07, 6.45) is 5.47. The van der Waals surface area contributed by atoms with E-state index in [1.165, 1.54) is 18.4 Å². The average molecular weight is 209 g/mol. The average Bonchev–Trinajstić information content (AvgIpc) is 2.19. The first-order chi connectivity index (χ1) is 6.77. The van der Waals surface area contributed by atoms with Crippen molar-refractivity contribution in [3.05, 3.63) is 47.5 Å². The van der Waals surface area contributed by atoms with Gasteiger partial charge in [-0.15, -0.1) is 6.58 Å². The van der Waals surface area contributed by atoms with Crippen molar-refractivity contribution in [1.29, 1.82) is 0 Å². The largest absolute Gasteiger partial charge is 0.103 e. The minimum absolute atomic E-state index is 0.606. The molecule has 0 aromatic heterocycles. The van der Waals surface area contributed by atoms with Crippen LogP contribution < -0.4 is 0 Å². The van der Waals surface area contributed by atoms with E-state index in [0.717, 1.165) is 11.4 Å². The van der Waals surface area contributed by atoms with Gasteiger partial charge in [-0.1, -0.05) is 43.2 Å². The Labute approximate surface area is 91.6 Å². The van der Waals surface area contributed by atoms with Crippen molar-refractivity contribution < 1.29 is 0 Å². The second-order valence-corrected chi connectivity index (χ2v) is 4.00. The predicted molar refractivity (Wildman–Crippen MR) is 63.9 cm³/mol. The van der Waals surface area contributed by atoms with E-state index in [0.29, 0.717) is 5.92 Å². The Morgan fingerprint density at radius 2 is 2.00 bits per heavy atom. The second-order valence-electron chi connectivity index (χ2n) is 3.56. The molecule has 1 aromatic carbocycles. The molecule has 0 nitrogen and oxygen atoms in total. The fraction of sp³-hybridized carbons (Fsp3) is 0.385. The molecule has 76 valence electrons. The zero-order valence-corrected chi connectivity index (χ0v) is 9.43. The Kier molecular flexibility index (Phi) is 4.75. The van der Waals surface area contributed by atoms with Crippen molar-refractivity contribution >= 4 is 11.6 Å². The van der Waals surface area contributed by atoms with Crippen molar-refractivity contribution in [3.8, 4) is 0 Å². The molecule has 0 fully saturated rings. The van der Waals surface area contributed by atoms with Gasteiger partial charge in [-0.2, -0.15) is 0 Å². The maximum Gasteiger partial charge on any atom is 0.0406 e. The van der Waals surface area contributed by atoms with Crippen LogP contribution in [0.3, 0.4) is 0 Å². The highest BCUT2D eigenvalue weighted by atomic mass is 35.5. The van der Waals surface area contributed by atoms with Crippen LogP contribution in [0.5, 0.6) is 0 Å². The van der Waals surface area contributed by atoms with Crippen LogP contribution in [0.1, 0.15) is 37.7 Å². The Morgan fingerprint density at radius 1 is 1.36 bits per heavy atom. The summed E-state index contributed by atoms with van der Waals surface area (Å²) in [6, 6.07) is 8.16. The molecule has 0 aliphatic rings. The van der Waals surface area contributed by atoms with Gasteiger partial charge in [0.05, 0.1) is 0 Å². The van der Waals surface area contributed by atoms with Gasteiger partial charge < -0.3 is 0 Å². The summed E-state index contributed by atoms with van der Waals surface area (Å²) in [6.45, 7) is 6.01. The lowest BCUT2D eigenvalue weighted by Gasteiger charge is -2.14. The monoisotopic (exact) mass is 208 g/mol. The second kappa shape index (κ2) is 5.87. The van der Waals surface area contributed by atoms with Crippen molar-refractivity contribution in [2.24, 2.45) is 0 Å². The SMILES string of the molecule is C=CCC(CCC)c1ccc(Cl)cc1. The van der Waals surface area contributed by atoms with Crippen molar-refractivity contribution in [2.75, 3.05) is 0 Å². The molecule has 1 rings (SSSR count). The van der Waals surface area contributed by atoms with Crippen LogP contribution in [0.15, 0.2) is 36.9 Å². The lowest BCUT2D eigenvalue weighted by atomic mass is 9.92. The Bertz CT molecular complexity index is 274. The van der Waals surface area contributed by atoms with Gasteiger partial charge in [0, 0.05) is 5.02 Å². The standard InChI is InChI=1S/C13H17Cl/c1-3-5-11(6-4-2)12-7-9-13(14)10-8-12/h3,7-11H,1,4-6H2,2H3. The maximum absolute atomic E-state index is 5.85. The van der Waals surface area contributed by atoms with Gasteiger partial charge in [-0.25, -0.2) is 0 Å². The molecule has 1 unspecified atom stereocenters. The summed E-state index contributed by atoms with van der Waals surface area (Å²) in [5, 5.41) is 0.808. The lowest BCUT2D eigenvalue weighted by Crippen LogP contribution is -1.96. The van der Waals surface area contributed by atoms with Gasteiger partial charge in [0.25, 0.3) is 0 Å². The van der Waals surface area contributed by atoms with E-state index in [1.807, 2.05) is 18.2 Å². The number of allylic oxidation sites excluding steroid dienone is 1. The minimum Gasteiger partial charge on any atom is -0.103 e. The van der Waals surface area contributed by atoms with E-state index >= 15 is 0 Å². The van der Waals surface area contributed by atoms with Crippen LogP contribution in [0.25, 0.3) is 0 Å². The van der Waals surface area contributed by atoms with Crippen LogP contribution in [0.4, 0.5) is 0 Å². The van der Waals surface area contributed by atoms with Gasteiger partial charge >= 0.3 is 0 Å². The van der Waals surface area contributed by atoms with Gasteiger partial charge in [-0.05, 0) is 36.5 Å². The van der Waals surface area contributed by atoms with Crippen LogP contribution >= 0.6 is 11.6 Å². The molecule has 0 aliphatic heterocycles. The summed E-state index contributed by atoms with van der Waals surface area (Å²) in [4.78, 5) is 0. The van der Waals surface area contributed by atoms with Gasteiger partial charge in [-0.3, -0.25) is 0 Å². The van der Waals surface area contributed by atoms with Gasteiger partial charge in [0.1, 0.15) is 0 Å². The molecule has 0 amide bonds. The zero-order chi connectivity index (χ0) is 10.4. The van der Waals surface area contributed by atoms with E-state index in [1.54, 1.807) is 0 Å². The first-order valence-electron chi connectivity index (χ1n) is 5.14. The van der Waals surface area contributed by atoms with Gasteiger partial charge in [0.2, 0.25) is 0 Å². The molecule has 1 aromatic rings. The molecular formula is C13H17Cl. The molecule has 0 spiro atoms. The van der Waals surface area contributed by atoms with Gasteiger partial charge in [0.15, 0.2) is 0 Å². The smallest absolute Gasteiger partial charge is 0.0406 e. The quantitative estimate of drug-likeness (QED) is 0.610. The lowest BCUT2D eigenvalue weighted by molar-refractivity contribution is 0.621.